The second kappa shape index (κ2) is 6.32. The molecule has 0 heterocycles. The number of halogens is 1. The summed E-state index contributed by atoms with van der Waals surface area (Å²) in [6, 6.07) is 2.65. The number of aliphatic hydroxyl groups is 1. The number of nitriles is 1. The highest BCUT2D eigenvalue weighted by Gasteiger charge is 2.19. The number of nitrogens with zero attached hydrogens (tertiary/aromatic N) is 1. The minimum atomic E-state index is -1.48. The van der Waals surface area contributed by atoms with Crippen molar-refractivity contribution >= 4 is 17.7 Å². The van der Waals surface area contributed by atoms with Gasteiger partial charge >= 0.3 is 12.0 Å². The van der Waals surface area contributed by atoms with E-state index in [2.05, 4.69) is 5.32 Å². The van der Waals surface area contributed by atoms with Crippen LogP contribution in [0.3, 0.4) is 0 Å². The summed E-state index contributed by atoms with van der Waals surface area (Å²) in [7, 11) is 0. The SMILES string of the molecule is N#Cc1ccc(NC(=O)NC(CO)C(=O)O)c(F)c1. The number of amides is 2. The molecule has 1 unspecified atom stereocenters. The normalized spacial score (nSPS) is 11.2. The molecule has 4 N–H and O–H groups in total. The van der Waals surface area contributed by atoms with E-state index in [1.165, 1.54) is 12.1 Å². The number of aliphatic hydroxyl groups excluding tert-OH is 1. The largest absolute Gasteiger partial charge is 0.480 e. The Morgan fingerprint density at radius 2 is 2.16 bits per heavy atom. The molecular formula is C11H10FN3O4. The Bertz CT molecular complexity index is 541. The molecule has 0 saturated carbocycles. The number of carbonyl (C=O) groups is 2. The number of hydrogen-bond donors (Lipinski definition) is 4. The summed E-state index contributed by atoms with van der Waals surface area (Å²) in [4.78, 5) is 21.9. The van der Waals surface area contributed by atoms with E-state index in [0.717, 1.165) is 6.07 Å². The van der Waals surface area contributed by atoms with Gasteiger partial charge in [0, 0.05) is 0 Å². The highest BCUT2D eigenvalue weighted by atomic mass is 19.1. The Hall–Kier alpha value is -2.66. The van der Waals surface area contributed by atoms with Crippen LogP contribution in [0.2, 0.25) is 0 Å². The van der Waals surface area contributed by atoms with Crippen LogP contribution in [0.15, 0.2) is 18.2 Å². The third-order valence-corrected chi connectivity index (χ3v) is 2.13. The molecule has 2 amide bonds. The zero-order valence-electron chi connectivity index (χ0n) is 9.55. The number of aliphatic carboxylic acids is 1. The second-order valence-electron chi connectivity index (χ2n) is 3.48. The number of carboxylic acid groups (broad SMARTS) is 1. The fraction of sp³-hybridized carbons (Fsp3) is 0.182. The van der Waals surface area contributed by atoms with E-state index < -0.39 is 30.5 Å². The lowest BCUT2D eigenvalue weighted by Crippen LogP contribution is -2.45. The molecule has 1 aromatic rings. The minimum Gasteiger partial charge on any atom is -0.480 e. The molecule has 100 valence electrons. The van der Waals surface area contributed by atoms with Crippen molar-refractivity contribution in [3.05, 3.63) is 29.6 Å². The topological polar surface area (TPSA) is 122 Å². The second-order valence-corrected chi connectivity index (χ2v) is 3.48. The van der Waals surface area contributed by atoms with E-state index >= 15 is 0 Å². The van der Waals surface area contributed by atoms with Crippen molar-refractivity contribution < 1.29 is 24.2 Å². The van der Waals surface area contributed by atoms with Gasteiger partial charge in [-0.25, -0.2) is 14.0 Å². The molecule has 0 spiro atoms. The molecule has 0 bridgehead atoms. The molecule has 0 aliphatic heterocycles. The Kier molecular flexibility index (Phi) is 4.79. The van der Waals surface area contributed by atoms with Gasteiger partial charge in [-0.05, 0) is 18.2 Å². The van der Waals surface area contributed by atoms with Gasteiger partial charge in [-0.1, -0.05) is 0 Å². The van der Waals surface area contributed by atoms with Crippen molar-refractivity contribution in [1.29, 1.82) is 5.26 Å². The number of hydrogen-bond acceptors (Lipinski definition) is 4. The van der Waals surface area contributed by atoms with E-state index in [-0.39, 0.29) is 11.3 Å². The van der Waals surface area contributed by atoms with Gasteiger partial charge in [0.1, 0.15) is 5.82 Å². The number of carboxylic acids is 1. The zero-order valence-corrected chi connectivity index (χ0v) is 9.55. The van der Waals surface area contributed by atoms with Gasteiger partial charge in [0.15, 0.2) is 6.04 Å². The monoisotopic (exact) mass is 267 g/mol. The van der Waals surface area contributed by atoms with Crippen LogP contribution in [0.1, 0.15) is 5.56 Å². The minimum absolute atomic E-state index is 0.0854. The molecule has 19 heavy (non-hydrogen) atoms. The molecule has 1 rings (SSSR count). The molecule has 0 saturated heterocycles. The van der Waals surface area contributed by atoms with E-state index in [4.69, 9.17) is 15.5 Å². The van der Waals surface area contributed by atoms with Gasteiger partial charge in [0.2, 0.25) is 0 Å². The van der Waals surface area contributed by atoms with Crippen LogP contribution < -0.4 is 10.6 Å². The first-order valence-corrected chi connectivity index (χ1v) is 5.08. The lowest BCUT2D eigenvalue weighted by molar-refractivity contribution is -0.140. The summed E-state index contributed by atoms with van der Waals surface area (Å²) in [5.74, 6) is -2.25. The van der Waals surface area contributed by atoms with Crippen LogP contribution >= 0.6 is 0 Å². The molecule has 1 atom stereocenters. The van der Waals surface area contributed by atoms with Crippen molar-refractivity contribution in [2.75, 3.05) is 11.9 Å². The lowest BCUT2D eigenvalue weighted by Gasteiger charge is -2.13. The van der Waals surface area contributed by atoms with Gasteiger partial charge < -0.3 is 20.8 Å². The standard InChI is InChI=1S/C11H10FN3O4/c12-7-3-6(4-13)1-2-8(7)14-11(19)15-9(5-16)10(17)18/h1-3,9,16H,5H2,(H,17,18)(H2,14,15,19). The van der Waals surface area contributed by atoms with Crippen molar-refractivity contribution in [2.45, 2.75) is 6.04 Å². The number of urea groups is 1. The third kappa shape index (κ3) is 3.93. The molecule has 7 nitrogen and oxygen atoms in total. The van der Waals surface area contributed by atoms with Crippen LogP contribution in [-0.2, 0) is 4.79 Å². The molecule has 0 aliphatic rings. The summed E-state index contributed by atoms with van der Waals surface area (Å²) < 4.78 is 13.4. The van der Waals surface area contributed by atoms with Gasteiger partial charge in [0.05, 0.1) is 23.9 Å². The van der Waals surface area contributed by atoms with Crippen LogP contribution in [0.4, 0.5) is 14.9 Å². The number of nitrogens with one attached hydrogen (secondary N) is 2. The fourth-order valence-corrected chi connectivity index (χ4v) is 1.19. The van der Waals surface area contributed by atoms with E-state index in [9.17, 15) is 14.0 Å². The van der Waals surface area contributed by atoms with Crippen LogP contribution in [0.5, 0.6) is 0 Å². The van der Waals surface area contributed by atoms with E-state index in [1.54, 1.807) is 6.07 Å². The molecule has 1 aromatic carbocycles. The van der Waals surface area contributed by atoms with Crippen molar-refractivity contribution in [1.82, 2.24) is 5.32 Å². The average Bonchev–Trinajstić information content (AvgIpc) is 2.37. The first kappa shape index (κ1) is 14.4. The molecule has 0 radical (unpaired) electrons. The highest BCUT2D eigenvalue weighted by molar-refractivity contribution is 5.92. The van der Waals surface area contributed by atoms with Crippen molar-refractivity contribution in [2.24, 2.45) is 0 Å². The summed E-state index contributed by atoms with van der Waals surface area (Å²) in [6.07, 6.45) is 0. The van der Waals surface area contributed by atoms with Gasteiger partial charge in [0.25, 0.3) is 0 Å². The summed E-state index contributed by atoms with van der Waals surface area (Å²) in [5.41, 5.74) is -0.124. The third-order valence-electron chi connectivity index (χ3n) is 2.13. The summed E-state index contributed by atoms with van der Waals surface area (Å²) >= 11 is 0. The van der Waals surface area contributed by atoms with Gasteiger partial charge in [-0.2, -0.15) is 5.26 Å². The molecule has 0 aromatic heterocycles. The summed E-state index contributed by atoms with van der Waals surface area (Å²) in [5, 5.41) is 29.8. The molecule has 0 fully saturated rings. The quantitative estimate of drug-likeness (QED) is 0.623. The molecule has 0 aliphatic carbocycles. The van der Waals surface area contributed by atoms with E-state index in [0.29, 0.717) is 0 Å². The van der Waals surface area contributed by atoms with Gasteiger partial charge in [-0.15, -0.1) is 0 Å². The van der Waals surface area contributed by atoms with E-state index in [1.807, 2.05) is 5.32 Å². The maximum Gasteiger partial charge on any atom is 0.328 e. The van der Waals surface area contributed by atoms with Crippen LogP contribution in [0, 0.1) is 17.1 Å². The van der Waals surface area contributed by atoms with Crippen LogP contribution in [-0.4, -0.2) is 34.9 Å². The Balaban J connectivity index is 2.72. The Morgan fingerprint density at radius 1 is 1.47 bits per heavy atom. The average molecular weight is 267 g/mol. The number of carbonyl (C=O) groups excluding carboxylic acids is 1. The molecular weight excluding hydrogens is 257 g/mol. The van der Waals surface area contributed by atoms with Gasteiger partial charge in [-0.3, -0.25) is 0 Å². The van der Waals surface area contributed by atoms with Crippen molar-refractivity contribution in [3.8, 4) is 6.07 Å². The first-order valence-electron chi connectivity index (χ1n) is 5.08. The lowest BCUT2D eigenvalue weighted by atomic mass is 10.2. The summed E-state index contributed by atoms with van der Waals surface area (Å²) in [6.45, 7) is -0.793. The van der Waals surface area contributed by atoms with Crippen LogP contribution in [0.25, 0.3) is 0 Å². The highest BCUT2D eigenvalue weighted by Crippen LogP contribution is 2.15. The Labute approximate surface area is 107 Å². The predicted octanol–water partition coefficient (Wildman–Crippen LogP) is 0.264. The Morgan fingerprint density at radius 3 is 2.63 bits per heavy atom. The number of anilines is 1. The smallest absolute Gasteiger partial charge is 0.328 e. The number of rotatable bonds is 4. The zero-order chi connectivity index (χ0) is 14.4. The first-order chi connectivity index (χ1) is 8.97. The predicted molar refractivity (Wildman–Crippen MR) is 61.8 cm³/mol. The molecule has 8 heteroatoms. The fourth-order valence-electron chi connectivity index (χ4n) is 1.19. The number of benzene rings is 1. The maximum absolute atomic E-state index is 13.4. The van der Waals surface area contributed by atoms with Crippen molar-refractivity contribution in [3.63, 3.8) is 0 Å². The maximum atomic E-state index is 13.4.